The maximum atomic E-state index is 12.7. The number of carbonyl (C=O) groups excluding carboxylic acids is 3. The predicted molar refractivity (Wildman–Crippen MR) is 106 cm³/mol. The van der Waals surface area contributed by atoms with Gasteiger partial charge < -0.3 is 10.1 Å². The molecule has 0 bridgehead atoms. The van der Waals surface area contributed by atoms with Crippen molar-refractivity contribution in [2.75, 3.05) is 6.61 Å². The van der Waals surface area contributed by atoms with Crippen LogP contribution in [0.5, 0.6) is 0 Å². The first-order chi connectivity index (χ1) is 13.5. The van der Waals surface area contributed by atoms with E-state index in [1.165, 1.54) is 12.1 Å². The van der Waals surface area contributed by atoms with E-state index in [1.54, 1.807) is 26.8 Å². The van der Waals surface area contributed by atoms with Gasteiger partial charge in [0.2, 0.25) is 10.0 Å². The van der Waals surface area contributed by atoms with Crippen LogP contribution >= 0.6 is 0 Å². The van der Waals surface area contributed by atoms with Gasteiger partial charge in [0.05, 0.1) is 4.90 Å². The van der Waals surface area contributed by atoms with Crippen LogP contribution in [-0.4, -0.2) is 45.0 Å². The third-order valence-electron chi connectivity index (χ3n) is 4.50. The molecule has 29 heavy (non-hydrogen) atoms. The van der Waals surface area contributed by atoms with Gasteiger partial charge in [0, 0.05) is 6.04 Å². The van der Waals surface area contributed by atoms with Crippen molar-refractivity contribution < 1.29 is 27.5 Å². The van der Waals surface area contributed by atoms with Gasteiger partial charge in [-0.15, -0.1) is 0 Å². The Morgan fingerprint density at radius 3 is 2.34 bits per heavy atom. The maximum Gasteiger partial charge on any atom is 0.324 e. The first-order valence-electron chi connectivity index (χ1n) is 9.36. The third kappa shape index (κ3) is 6.82. The smallest absolute Gasteiger partial charge is 0.324 e. The van der Waals surface area contributed by atoms with Crippen molar-refractivity contribution in [1.82, 2.24) is 15.4 Å². The Hall–Kier alpha value is -2.46. The molecule has 1 saturated carbocycles. The quantitative estimate of drug-likeness (QED) is 0.535. The molecule has 1 aliphatic rings. The number of rotatable bonds is 8. The summed E-state index contributed by atoms with van der Waals surface area (Å²) < 4.78 is 32.6. The van der Waals surface area contributed by atoms with Crippen molar-refractivity contribution in [3.63, 3.8) is 0 Å². The molecule has 1 aromatic carbocycles. The summed E-state index contributed by atoms with van der Waals surface area (Å²) in [5.41, 5.74) is 1.75. The highest BCUT2D eigenvalue weighted by molar-refractivity contribution is 7.89. The molecule has 0 saturated heterocycles. The molecule has 0 radical (unpaired) electrons. The molecule has 1 aliphatic carbocycles. The van der Waals surface area contributed by atoms with Crippen molar-refractivity contribution >= 4 is 27.9 Å². The second-order valence-electron chi connectivity index (χ2n) is 7.49. The van der Waals surface area contributed by atoms with E-state index in [1.807, 2.05) is 6.92 Å². The summed E-state index contributed by atoms with van der Waals surface area (Å²) in [5, 5.41) is 4.62. The minimum atomic E-state index is -3.97. The van der Waals surface area contributed by atoms with E-state index >= 15 is 0 Å². The number of nitrogens with one attached hydrogen (secondary N) is 3. The summed E-state index contributed by atoms with van der Waals surface area (Å²) in [4.78, 5) is 35.7. The zero-order valence-corrected chi connectivity index (χ0v) is 17.8. The Kier molecular flexibility index (Phi) is 7.37. The number of benzene rings is 1. The molecular formula is C19H27N3O6S. The Balaban J connectivity index is 1.96. The lowest BCUT2D eigenvalue weighted by Crippen LogP contribution is -2.47. The first kappa shape index (κ1) is 22.8. The van der Waals surface area contributed by atoms with Crippen molar-refractivity contribution in [3.8, 4) is 0 Å². The minimum absolute atomic E-state index is 0.0357. The summed E-state index contributed by atoms with van der Waals surface area (Å²) in [5.74, 6) is -2.12. The number of hydrogen-bond donors (Lipinski definition) is 3. The second kappa shape index (κ2) is 9.36. The molecule has 1 atom stereocenters. The van der Waals surface area contributed by atoms with E-state index in [2.05, 4.69) is 15.4 Å². The summed E-state index contributed by atoms with van der Waals surface area (Å²) in [6.07, 6.45) is 1.74. The van der Waals surface area contributed by atoms with E-state index in [4.69, 9.17) is 4.74 Å². The van der Waals surface area contributed by atoms with Crippen LogP contribution in [0.3, 0.4) is 0 Å². The fourth-order valence-electron chi connectivity index (χ4n) is 2.41. The topological polar surface area (TPSA) is 131 Å². The number of esters is 1. The van der Waals surface area contributed by atoms with Gasteiger partial charge in [-0.05, 0) is 55.9 Å². The molecule has 10 heteroatoms. The maximum absolute atomic E-state index is 12.7. The standard InChI is InChI=1S/C19H27N3O6S/c1-11(2)17(22-29(26,27)15-8-5-12(3)13(4)9-15)18(24)28-10-16(23)21-19(25)20-14-6-7-14/h5,8-9,11,14,17,22H,6-7,10H2,1-4H3,(H2,20,21,23,25)/t17-/m1/s1. The van der Waals surface area contributed by atoms with Crippen LogP contribution in [0, 0.1) is 19.8 Å². The lowest BCUT2D eigenvalue weighted by molar-refractivity contribution is -0.150. The van der Waals surface area contributed by atoms with Crippen molar-refractivity contribution in [1.29, 1.82) is 0 Å². The Morgan fingerprint density at radius 2 is 1.79 bits per heavy atom. The fourth-order valence-corrected chi connectivity index (χ4v) is 3.83. The van der Waals surface area contributed by atoms with E-state index in [-0.39, 0.29) is 10.9 Å². The molecule has 0 aliphatic heterocycles. The summed E-state index contributed by atoms with van der Waals surface area (Å²) in [7, 11) is -3.97. The van der Waals surface area contributed by atoms with Crippen LogP contribution in [0.2, 0.25) is 0 Å². The fraction of sp³-hybridized carbons (Fsp3) is 0.526. The highest BCUT2D eigenvalue weighted by atomic mass is 32.2. The Bertz CT molecular complexity index is 893. The molecule has 3 amide bonds. The van der Waals surface area contributed by atoms with Crippen LogP contribution < -0.4 is 15.4 Å². The molecule has 1 fully saturated rings. The number of sulfonamides is 1. The molecule has 160 valence electrons. The molecule has 0 spiro atoms. The van der Waals surface area contributed by atoms with Gasteiger partial charge in [0.1, 0.15) is 6.04 Å². The highest BCUT2D eigenvalue weighted by Crippen LogP contribution is 2.18. The third-order valence-corrected chi connectivity index (χ3v) is 5.94. The van der Waals surface area contributed by atoms with Gasteiger partial charge in [0.15, 0.2) is 6.61 Å². The number of amides is 3. The molecule has 0 unspecified atom stereocenters. The molecule has 0 aromatic heterocycles. The Morgan fingerprint density at radius 1 is 1.14 bits per heavy atom. The van der Waals surface area contributed by atoms with Crippen LogP contribution in [0.1, 0.15) is 37.8 Å². The number of ether oxygens (including phenoxy) is 1. The summed E-state index contributed by atoms with van der Waals surface area (Å²) >= 11 is 0. The minimum Gasteiger partial charge on any atom is -0.454 e. The van der Waals surface area contributed by atoms with E-state index < -0.39 is 46.5 Å². The average molecular weight is 426 g/mol. The van der Waals surface area contributed by atoms with E-state index in [0.717, 1.165) is 24.0 Å². The van der Waals surface area contributed by atoms with E-state index in [9.17, 15) is 22.8 Å². The van der Waals surface area contributed by atoms with Gasteiger partial charge in [-0.1, -0.05) is 19.9 Å². The lowest BCUT2D eigenvalue weighted by Gasteiger charge is -2.21. The van der Waals surface area contributed by atoms with Crippen molar-refractivity contribution in [2.24, 2.45) is 5.92 Å². The van der Waals surface area contributed by atoms with Gasteiger partial charge in [-0.3, -0.25) is 14.9 Å². The van der Waals surface area contributed by atoms with Crippen molar-refractivity contribution in [3.05, 3.63) is 29.3 Å². The van der Waals surface area contributed by atoms with E-state index in [0.29, 0.717) is 0 Å². The second-order valence-corrected chi connectivity index (χ2v) is 9.21. The summed E-state index contributed by atoms with van der Waals surface area (Å²) in [6.45, 7) is 6.27. The van der Waals surface area contributed by atoms with Crippen LogP contribution in [0.4, 0.5) is 4.79 Å². The van der Waals surface area contributed by atoms with Gasteiger partial charge in [-0.25, -0.2) is 13.2 Å². The van der Waals surface area contributed by atoms with Gasteiger partial charge >= 0.3 is 12.0 Å². The monoisotopic (exact) mass is 425 g/mol. The molecule has 3 N–H and O–H groups in total. The number of aryl methyl sites for hydroxylation is 2. The van der Waals surface area contributed by atoms with Gasteiger partial charge in [-0.2, -0.15) is 4.72 Å². The first-order valence-corrected chi connectivity index (χ1v) is 10.8. The number of hydrogen-bond acceptors (Lipinski definition) is 6. The molecule has 9 nitrogen and oxygen atoms in total. The summed E-state index contributed by atoms with van der Waals surface area (Å²) in [6, 6.07) is 2.91. The molecular weight excluding hydrogens is 398 g/mol. The predicted octanol–water partition coefficient (Wildman–Crippen LogP) is 1.14. The number of imide groups is 1. The zero-order valence-electron chi connectivity index (χ0n) is 16.9. The molecule has 1 aromatic rings. The Labute approximate surface area is 170 Å². The highest BCUT2D eigenvalue weighted by Gasteiger charge is 2.30. The lowest BCUT2D eigenvalue weighted by atomic mass is 10.1. The van der Waals surface area contributed by atoms with Crippen LogP contribution in [0.25, 0.3) is 0 Å². The number of urea groups is 1. The largest absolute Gasteiger partial charge is 0.454 e. The van der Waals surface area contributed by atoms with Crippen LogP contribution in [0.15, 0.2) is 23.1 Å². The molecule has 2 rings (SSSR count). The number of carbonyl (C=O) groups is 3. The normalized spacial score (nSPS) is 14.9. The van der Waals surface area contributed by atoms with Crippen molar-refractivity contribution in [2.45, 2.75) is 57.5 Å². The zero-order chi connectivity index (χ0) is 21.8. The van der Waals surface area contributed by atoms with Gasteiger partial charge in [0.25, 0.3) is 5.91 Å². The van der Waals surface area contributed by atoms with Crippen LogP contribution in [-0.2, 0) is 24.3 Å². The average Bonchev–Trinajstić information content (AvgIpc) is 3.43. The SMILES string of the molecule is Cc1ccc(S(=O)(=O)N[C@@H](C(=O)OCC(=O)NC(=O)NC2CC2)C(C)C)cc1C. The molecule has 0 heterocycles.